The Morgan fingerprint density at radius 3 is 2.64 bits per heavy atom. The standard InChI is InChI=1S/C19H22N4O5/c24-12-6-11(8-20-9-12)21-7-10-1-2-13-14(5-10)19(28)23(18(13)27)15-3-4-16(25)22-17(15)26/h1-2,5,11-12,15,20-21,24H,3-4,6-9H2,(H,22,25,26)/t11-,12-,15?/m0/s1. The molecule has 1 aromatic rings. The van der Waals surface area contributed by atoms with Gasteiger partial charge in [0.1, 0.15) is 6.04 Å². The Balaban J connectivity index is 1.48. The molecule has 0 aliphatic carbocycles. The number of piperidine rings is 2. The molecule has 0 saturated carbocycles. The normalized spacial score (nSPS) is 27.8. The van der Waals surface area contributed by atoms with Gasteiger partial charge < -0.3 is 15.7 Å². The molecule has 9 heteroatoms. The molecule has 4 N–H and O–H groups in total. The molecular formula is C19H22N4O5. The number of nitrogens with zero attached hydrogens (tertiary/aromatic N) is 1. The first kappa shape index (κ1) is 18.7. The summed E-state index contributed by atoms with van der Waals surface area (Å²) in [6.07, 6.45) is 0.507. The van der Waals surface area contributed by atoms with Gasteiger partial charge in [-0.15, -0.1) is 0 Å². The zero-order chi connectivity index (χ0) is 19.8. The molecule has 2 saturated heterocycles. The number of aliphatic hydroxyl groups excluding tert-OH is 1. The van der Waals surface area contributed by atoms with E-state index in [4.69, 9.17) is 0 Å². The SMILES string of the molecule is O=C1CCC(N2C(=O)c3ccc(CN[C@@H]4CNC[C@@H](O)C4)cc3C2=O)C(=O)N1. The predicted molar refractivity (Wildman–Crippen MR) is 97.2 cm³/mol. The summed E-state index contributed by atoms with van der Waals surface area (Å²) in [4.78, 5) is 49.9. The van der Waals surface area contributed by atoms with Crippen molar-refractivity contribution in [1.82, 2.24) is 20.9 Å². The third-order valence-corrected chi connectivity index (χ3v) is 5.43. The van der Waals surface area contributed by atoms with E-state index in [0.29, 0.717) is 19.5 Å². The molecule has 0 radical (unpaired) electrons. The second kappa shape index (κ2) is 7.42. The zero-order valence-electron chi connectivity index (χ0n) is 15.2. The molecular weight excluding hydrogens is 364 g/mol. The monoisotopic (exact) mass is 386 g/mol. The quantitative estimate of drug-likeness (QED) is 0.484. The first-order valence-electron chi connectivity index (χ1n) is 9.40. The maximum Gasteiger partial charge on any atom is 0.262 e. The van der Waals surface area contributed by atoms with E-state index in [-0.39, 0.29) is 36.1 Å². The minimum atomic E-state index is -0.957. The molecule has 3 atom stereocenters. The fraction of sp³-hybridized carbons (Fsp3) is 0.474. The molecule has 28 heavy (non-hydrogen) atoms. The van der Waals surface area contributed by atoms with Crippen molar-refractivity contribution in [2.45, 2.75) is 44.0 Å². The minimum Gasteiger partial charge on any atom is -0.392 e. The number of hydrogen-bond donors (Lipinski definition) is 4. The molecule has 0 spiro atoms. The number of carbonyl (C=O) groups excluding carboxylic acids is 4. The van der Waals surface area contributed by atoms with E-state index in [1.807, 2.05) is 0 Å². The molecule has 4 amide bonds. The van der Waals surface area contributed by atoms with Gasteiger partial charge in [-0.1, -0.05) is 6.07 Å². The van der Waals surface area contributed by atoms with Gasteiger partial charge in [0.25, 0.3) is 11.8 Å². The average molecular weight is 386 g/mol. The van der Waals surface area contributed by atoms with Crippen LogP contribution in [0.5, 0.6) is 0 Å². The predicted octanol–water partition coefficient (Wildman–Crippen LogP) is -1.10. The highest BCUT2D eigenvalue weighted by Crippen LogP contribution is 2.28. The lowest BCUT2D eigenvalue weighted by molar-refractivity contribution is -0.136. The number of aliphatic hydroxyl groups is 1. The molecule has 0 bridgehead atoms. The first-order valence-corrected chi connectivity index (χ1v) is 9.40. The summed E-state index contributed by atoms with van der Waals surface area (Å²) in [5.41, 5.74) is 1.38. The Kier molecular flexibility index (Phi) is 4.96. The van der Waals surface area contributed by atoms with E-state index >= 15 is 0 Å². The number of amides is 4. The van der Waals surface area contributed by atoms with Crippen LogP contribution in [0.2, 0.25) is 0 Å². The molecule has 4 rings (SSSR count). The van der Waals surface area contributed by atoms with E-state index in [1.54, 1.807) is 18.2 Å². The maximum atomic E-state index is 12.8. The third kappa shape index (κ3) is 3.44. The van der Waals surface area contributed by atoms with Gasteiger partial charge in [0.15, 0.2) is 0 Å². The number of fused-ring (bicyclic) bond motifs is 1. The van der Waals surface area contributed by atoms with Crippen molar-refractivity contribution in [1.29, 1.82) is 0 Å². The van der Waals surface area contributed by atoms with Gasteiger partial charge in [0.05, 0.1) is 17.2 Å². The molecule has 3 heterocycles. The van der Waals surface area contributed by atoms with Crippen LogP contribution in [0.4, 0.5) is 0 Å². The lowest BCUT2D eigenvalue weighted by Gasteiger charge is -2.28. The minimum absolute atomic E-state index is 0.0975. The largest absolute Gasteiger partial charge is 0.392 e. The van der Waals surface area contributed by atoms with Crippen LogP contribution in [0, 0.1) is 0 Å². The molecule has 1 unspecified atom stereocenters. The van der Waals surface area contributed by atoms with Crippen LogP contribution >= 0.6 is 0 Å². The van der Waals surface area contributed by atoms with Gasteiger partial charge in [-0.25, -0.2) is 0 Å². The lowest BCUT2D eigenvalue weighted by atomic mass is 10.0. The van der Waals surface area contributed by atoms with Crippen LogP contribution in [0.15, 0.2) is 18.2 Å². The van der Waals surface area contributed by atoms with E-state index in [0.717, 1.165) is 17.0 Å². The summed E-state index contributed by atoms with van der Waals surface area (Å²) < 4.78 is 0. The summed E-state index contributed by atoms with van der Waals surface area (Å²) in [5.74, 6) is -2.02. The Morgan fingerprint density at radius 2 is 1.89 bits per heavy atom. The van der Waals surface area contributed by atoms with Crippen LogP contribution < -0.4 is 16.0 Å². The molecule has 1 aromatic carbocycles. The Morgan fingerprint density at radius 1 is 1.11 bits per heavy atom. The van der Waals surface area contributed by atoms with Crippen molar-refractivity contribution >= 4 is 23.6 Å². The molecule has 9 nitrogen and oxygen atoms in total. The number of hydrogen-bond acceptors (Lipinski definition) is 7. The van der Waals surface area contributed by atoms with Gasteiger partial charge in [-0.05, 0) is 30.5 Å². The first-order chi connectivity index (χ1) is 13.4. The molecule has 3 aliphatic heterocycles. The number of benzene rings is 1. The molecule has 2 fully saturated rings. The summed E-state index contributed by atoms with van der Waals surface area (Å²) in [6, 6.07) is 4.21. The number of β-amino-alcohol motifs (C(OH)–C–C–N with tert-alkyl or cyclic N) is 1. The van der Waals surface area contributed by atoms with Crippen LogP contribution in [-0.4, -0.2) is 64.9 Å². The van der Waals surface area contributed by atoms with Crippen molar-refractivity contribution in [3.05, 3.63) is 34.9 Å². The van der Waals surface area contributed by atoms with Crippen molar-refractivity contribution in [2.24, 2.45) is 0 Å². The Labute approximate surface area is 161 Å². The molecule has 0 aromatic heterocycles. The van der Waals surface area contributed by atoms with Gasteiger partial charge in [0, 0.05) is 32.1 Å². The van der Waals surface area contributed by atoms with E-state index < -0.39 is 29.7 Å². The van der Waals surface area contributed by atoms with Crippen molar-refractivity contribution < 1.29 is 24.3 Å². The summed E-state index contributed by atoms with van der Waals surface area (Å²) in [7, 11) is 0. The van der Waals surface area contributed by atoms with Gasteiger partial charge >= 0.3 is 0 Å². The van der Waals surface area contributed by atoms with Crippen LogP contribution in [0.3, 0.4) is 0 Å². The number of carbonyl (C=O) groups is 4. The number of rotatable bonds is 4. The van der Waals surface area contributed by atoms with Crippen molar-refractivity contribution in [3.63, 3.8) is 0 Å². The number of imide groups is 2. The molecule has 3 aliphatic rings. The van der Waals surface area contributed by atoms with Crippen LogP contribution in [0.1, 0.15) is 45.5 Å². The second-order valence-corrected chi connectivity index (χ2v) is 7.45. The van der Waals surface area contributed by atoms with Gasteiger partial charge in [-0.3, -0.25) is 29.4 Å². The van der Waals surface area contributed by atoms with E-state index in [9.17, 15) is 24.3 Å². The Hall–Kier alpha value is -2.62. The van der Waals surface area contributed by atoms with Crippen molar-refractivity contribution in [3.8, 4) is 0 Å². The van der Waals surface area contributed by atoms with E-state index in [2.05, 4.69) is 16.0 Å². The smallest absolute Gasteiger partial charge is 0.262 e. The topological polar surface area (TPSA) is 128 Å². The summed E-state index contributed by atoms with van der Waals surface area (Å²) in [6.45, 7) is 1.83. The van der Waals surface area contributed by atoms with Crippen molar-refractivity contribution in [2.75, 3.05) is 13.1 Å². The maximum absolute atomic E-state index is 12.8. The third-order valence-electron chi connectivity index (χ3n) is 5.43. The Bertz CT molecular complexity index is 855. The second-order valence-electron chi connectivity index (χ2n) is 7.45. The summed E-state index contributed by atoms with van der Waals surface area (Å²) >= 11 is 0. The average Bonchev–Trinajstić information content (AvgIpc) is 2.91. The van der Waals surface area contributed by atoms with Crippen LogP contribution in [0.25, 0.3) is 0 Å². The summed E-state index contributed by atoms with van der Waals surface area (Å²) in [5, 5.41) is 18.4. The van der Waals surface area contributed by atoms with Gasteiger partial charge in [-0.2, -0.15) is 0 Å². The van der Waals surface area contributed by atoms with Crippen LogP contribution in [-0.2, 0) is 16.1 Å². The molecule has 148 valence electrons. The fourth-order valence-corrected chi connectivity index (χ4v) is 3.97. The fourth-order valence-electron chi connectivity index (χ4n) is 3.97. The van der Waals surface area contributed by atoms with Gasteiger partial charge in [0.2, 0.25) is 11.8 Å². The highest BCUT2D eigenvalue weighted by atomic mass is 16.3. The lowest BCUT2D eigenvalue weighted by Crippen LogP contribution is -2.54. The zero-order valence-corrected chi connectivity index (χ0v) is 15.2. The number of nitrogens with one attached hydrogen (secondary N) is 3. The highest BCUT2D eigenvalue weighted by molar-refractivity contribution is 6.23. The van der Waals surface area contributed by atoms with E-state index in [1.165, 1.54) is 0 Å². The highest BCUT2D eigenvalue weighted by Gasteiger charge is 2.44.